The number of aromatic nitrogens is 1. The third kappa shape index (κ3) is 2.59. The van der Waals surface area contributed by atoms with Crippen molar-refractivity contribution in [1.82, 2.24) is 4.98 Å². The summed E-state index contributed by atoms with van der Waals surface area (Å²) in [4.78, 5) is 15.3. The smallest absolute Gasteiger partial charge is 0.193 e. The summed E-state index contributed by atoms with van der Waals surface area (Å²) in [6.07, 6.45) is 0. The fraction of sp³-hybridized carbons (Fsp3) is 0.118. The van der Waals surface area contributed by atoms with Gasteiger partial charge in [0.1, 0.15) is 11.5 Å². The molecule has 5 nitrogen and oxygen atoms in total. The fourth-order valence-electron chi connectivity index (χ4n) is 2.45. The Morgan fingerprint density at radius 1 is 1.09 bits per heavy atom. The van der Waals surface area contributed by atoms with Gasteiger partial charge >= 0.3 is 0 Å². The molecular formula is C17H14FNO4. The van der Waals surface area contributed by atoms with Crippen LogP contribution in [0.3, 0.4) is 0 Å². The number of methoxy groups -OCH3 is 2. The third-order valence-corrected chi connectivity index (χ3v) is 3.58. The summed E-state index contributed by atoms with van der Waals surface area (Å²) in [5.41, 5.74) is 0.951. The zero-order chi connectivity index (χ0) is 16.6. The maximum atomic E-state index is 13.9. The zero-order valence-corrected chi connectivity index (χ0v) is 12.5. The molecule has 0 saturated carbocycles. The van der Waals surface area contributed by atoms with Crippen molar-refractivity contribution in [3.8, 4) is 28.5 Å². The lowest BCUT2D eigenvalue weighted by Crippen LogP contribution is -2.04. The van der Waals surface area contributed by atoms with Gasteiger partial charge in [0.15, 0.2) is 17.0 Å². The van der Waals surface area contributed by atoms with E-state index < -0.39 is 5.82 Å². The number of H-pyrrole nitrogens is 1. The number of ether oxygens (including phenoxy) is 2. The number of hydrogen-bond donors (Lipinski definition) is 2. The second kappa shape index (κ2) is 5.64. The van der Waals surface area contributed by atoms with Crippen LogP contribution >= 0.6 is 0 Å². The summed E-state index contributed by atoms with van der Waals surface area (Å²) in [5.74, 6) is -0.174. The molecule has 3 aromatic rings. The summed E-state index contributed by atoms with van der Waals surface area (Å²) in [6.45, 7) is 0. The SMILES string of the molecule is COc1cc(O)c2c(=O)cc(-c3ccc(OC)c(F)c3)[nH]c2c1. The molecule has 0 aliphatic rings. The Morgan fingerprint density at radius 3 is 2.52 bits per heavy atom. The van der Waals surface area contributed by atoms with Crippen LogP contribution in [-0.2, 0) is 0 Å². The van der Waals surface area contributed by atoms with Crippen LogP contribution in [0.25, 0.3) is 22.2 Å². The lowest BCUT2D eigenvalue weighted by Gasteiger charge is -2.09. The second-order valence-electron chi connectivity index (χ2n) is 4.97. The summed E-state index contributed by atoms with van der Waals surface area (Å²) in [6, 6.07) is 8.67. The standard InChI is InChI=1S/C17H14FNO4/c1-22-10-6-13-17(14(20)7-10)15(21)8-12(19-13)9-3-4-16(23-2)11(18)5-9/h3-8,20H,1-2H3,(H,19,21). The molecule has 0 bridgehead atoms. The Bertz CT molecular complexity index is 949. The van der Waals surface area contributed by atoms with Crippen molar-refractivity contribution in [3.63, 3.8) is 0 Å². The molecule has 3 rings (SSSR count). The van der Waals surface area contributed by atoms with Crippen molar-refractivity contribution in [2.45, 2.75) is 0 Å². The van der Waals surface area contributed by atoms with Crippen LogP contribution in [0.4, 0.5) is 4.39 Å². The summed E-state index contributed by atoms with van der Waals surface area (Å²) in [5, 5.41) is 10.1. The van der Waals surface area contributed by atoms with Gasteiger partial charge < -0.3 is 19.6 Å². The largest absolute Gasteiger partial charge is 0.507 e. The number of phenolic OH excluding ortho intramolecular Hbond substituents is 1. The molecule has 0 atom stereocenters. The number of rotatable bonds is 3. The molecule has 6 heteroatoms. The van der Waals surface area contributed by atoms with Crippen LogP contribution < -0.4 is 14.9 Å². The summed E-state index contributed by atoms with van der Waals surface area (Å²) in [7, 11) is 2.84. The molecule has 23 heavy (non-hydrogen) atoms. The number of aromatic hydroxyl groups is 1. The van der Waals surface area contributed by atoms with Gasteiger partial charge in [-0.1, -0.05) is 0 Å². The molecule has 0 fully saturated rings. The predicted octanol–water partition coefficient (Wildman–Crippen LogP) is 3.06. The average molecular weight is 315 g/mol. The Hall–Kier alpha value is -3.02. The number of halogens is 1. The Labute approximate surface area is 130 Å². The number of aromatic amines is 1. The van der Waals surface area contributed by atoms with Gasteiger partial charge in [0, 0.05) is 29.5 Å². The van der Waals surface area contributed by atoms with Crippen molar-refractivity contribution < 1.29 is 19.0 Å². The minimum absolute atomic E-state index is 0.121. The highest BCUT2D eigenvalue weighted by Crippen LogP contribution is 2.29. The Kier molecular flexibility index (Phi) is 3.65. The van der Waals surface area contributed by atoms with E-state index in [-0.39, 0.29) is 22.3 Å². The Morgan fingerprint density at radius 2 is 1.87 bits per heavy atom. The van der Waals surface area contributed by atoms with E-state index in [1.54, 1.807) is 12.1 Å². The van der Waals surface area contributed by atoms with E-state index >= 15 is 0 Å². The van der Waals surface area contributed by atoms with E-state index in [9.17, 15) is 14.3 Å². The maximum Gasteiger partial charge on any atom is 0.193 e. The highest BCUT2D eigenvalue weighted by molar-refractivity contribution is 5.88. The fourth-order valence-corrected chi connectivity index (χ4v) is 2.45. The van der Waals surface area contributed by atoms with Crippen molar-refractivity contribution >= 4 is 10.9 Å². The molecule has 2 N–H and O–H groups in total. The van der Waals surface area contributed by atoms with Crippen LogP contribution in [0.1, 0.15) is 0 Å². The van der Waals surface area contributed by atoms with Crippen LogP contribution in [0.2, 0.25) is 0 Å². The lowest BCUT2D eigenvalue weighted by molar-refractivity contribution is 0.386. The number of benzene rings is 2. The summed E-state index contributed by atoms with van der Waals surface area (Å²) >= 11 is 0. The first-order valence-electron chi connectivity index (χ1n) is 6.81. The van der Waals surface area contributed by atoms with Crippen LogP contribution in [0, 0.1) is 5.82 Å². The molecule has 0 saturated heterocycles. The quantitative estimate of drug-likeness (QED) is 0.779. The van der Waals surface area contributed by atoms with E-state index in [0.717, 1.165) is 0 Å². The average Bonchev–Trinajstić information content (AvgIpc) is 2.53. The number of phenols is 1. The molecule has 0 aliphatic carbocycles. The monoisotopic (exact) mass is 315 g/mol. The van der Waals surface area contributed by atoms with E-state index in [1.807, 2.05) is 0 Å². The van der Waals surface area contributed by atoms with Crippen LogP contribution in [0.5, 0.6) is 17.2 Å². The van der Waals surface area contributed by atoms with E-state index in [4.69, 9.17) is 9.47 Å². The first kappa shape index (κ1) is 14.9. The van der Waals surface area contributed by atoms with Crippen molar-refractivity contribution in [1.29, 1.82) is 0 Å². The minimum Gasteiger partial charge on any atom is -0.507 e. The number of pyridine rings is 1. The van der Waals surface area contributed by atoms with Gasteiger partial charge in [-0.3, -0.25) is 4.79 Å². The Balaban J connectivity index is 2.23. The topological polar surface area (TPSA) is 71.6 Å². The normalized spacial score (nSPS) is 10.7. The van der Waals surface area contributed by atoms with E-state index in [1.165, 1.54) is 38.5 Å². The third-order valence-electron chi connectivity index (χ3n) is 3.58. The minimum atomic E-state index is -0.528. The molecule has 0 aliphatic heterocycles. The van der Waals surface area contributed by atoms with Crippen molar-refractivity contribution in [3.05, 3.63) is 52.4 Å². The van der Waals surface area contributed by atoms with Gasteiger partial charge in [-0.05, 0) is 18.2 Å². The second-order valence-corrected chi connectivity index (χ2v) is 4.97. The van der Waals surface area contributed by atoms with Gasteiger partial charge in [-0.25, -0.2) is 4.39 Å². The molecule has 2 aromatic carbocycles. The molecule has 1 aromatic heterocycles. The van der Waals surface area contributed by atoms with Gasteiger partial charge in [0.05, 0.1) is 25.1 Å². The maximum absolute atomic E-state index is 13.9. The molecule has 0 radical (unpaired) electrons. The van der Waals surface area contributed by atoms with Gasteiger partial charge in [0.25, 0.3) is 0 Å². The number of nitrogens with one attached hydrogen (secondary N) is 1. The van der Waals surface area contributed by atoms with Crippen LogP contribution in [-0.4, -0.2) is 24.3 Å². The van der Waals surface area contributed by atoms with Crippen LogP contribution in [0.15, 0.2) is 41.2 Å². The lowest BCUT2D eigenvalue weighted by atomic mass is 10.1. The van der Waals surface area contributed by atoms with Crippen molar-refractivity contribution in [2.24, 2.45) is 0 Å². The molecule has 0 unspecified atom stereocenters. The van der Waals surface area contributed by atoms with Crippen molar-refractivity contribution in [2.75, 3.05) is 14.2 Å². The highest BCUT2D eigenvalue weighted by Gasteiger charge is 2.12. The van der Waals surface area contributed by atoms with E-state index in [0.29, 0.717) is 22.5 Å². The highest BCUT2D eigenvalue weighted by atomic mass is 19.1. The summed E-state index contributed by atoms with van der Waals surface area (Å²) < 4.78 is 23.8. The molecule has 1 heterocycles. The molecule has 0 spiro atoms. The molecule has 118 valence electrons. The first-order valence-corrected chi connectivity index (χ1v) is 6.81. The number of fused-ring (bicyclic) bond motifs is 1. The van der Waals surface area contributed by atoms with E-state index in [2.05, 4.69) is 4.98 Å². The van der Waals surface area contributed by atoms with Gasteiger partial charge in [-0.2, -0.15) is 0 Å². The molecule has 0 amide bonds. The van der Waals surface area contributed by atoms with Gasteiger partial charge in [0.2, 0.25) is 0 Å². The predicted molar refractivity (Wildman–Crippen MR) is 84.7 cm³/mol. The number of hydrogen-bond acceptors (Lipinski definition) is 4. The first-order chi connectivity index (χ1) is 11.0. The van der Waals surface area contributed by atoms with Gasteiger partial charge in [-0.15, -0.1) is 0 Å². The molecular weight excluding hydrogens is 301 g/mol. The zero-order valence-electron chi connectivity index (χ0n) is 12.5.